The quantitative estimate of drug-likeness (QED) is 0.801. The van der Waals surface area contributed by atoms with Crippen molar-refractivity contribution >= 4 is 50.7 Å². The average Bonchev–Trinajstić information content (AvgIpc) is 2.29. The van der Waals surface area contributed by atoms with Gasteiger partial charge in [-0.25, -0.2) is 0 Å². The summed E-state index contributed by atoms with van der Waals surface area (Å²) in [5.41, 5.74) is 6.33. The first kappa shape index (κ1) is 15.8. The lowest BCUT2D eigenvalue weighted by atomic mass is 10.0. The normalized spacial score (nSPS) is 12.6. The van der Waals surface area contributed by atoms with Crippen LogP contribution in [0.15, 0.2) is 16.6 Å². The van der Waals surface area contributed by atoms with Gasteiger partial charge in [0.2, 0.25) is 5.91 Å². The molecule has 18 heavy (non-hydrogen) atoms. The molecule has 1 amide bonds. The molecule has 0 spiro atoms. The molecular formula is C12H15BrCl2N2O. The average molecular weight is 354 g/mol. The Morgan fingerprint density at radius 3 is 2.56 bits per heavy atom. The number of hydrogen-bond donors (Lipinski definition) is 2. The molecule has 1 aromatic rings. The number of amides is 1. The van der Waals surface area contributed by atoms with Crippen LogP contribution in [-0.2, 0) is 4.79 Å². The lowest BCUT2D eigenvalue weighted by Gasteiger charge is -2.15. The molecule has 100 valence electrons. The summed E-state index contributed by atoms with van der Waals surface area (Å²) in [6.45, 7) is 3.95. The van der Waals surface area contributed by atoms with Crippen LogP contribution < -0.4 is 11.1 Å². The van der Waals surface area contributed by atoms with Gasteiger partial charge in [0.05, 0.1) is 15.7 Å². The maximum atomic E-state index is 11.8. The molecular weight excluding hydrogens is 339 g/mol. The third kappa shape index (κ3) is 4.12. The van der Waals surface area contributed by atoms with Crippen LogP contribution in [0.25, 0.3) is 0 Å². The molecule has 0 aliphatic heterocycles. The van der Waals surface area contributed by atoms with E-state index >= 15 is 0 Å². The van der Waals surface area contributed by atoms with E-state index < -0.39 is 0 Å². The molecule has 0 aromatic heterocycles. The molecule has 3 nitrogen and oxygen atoms in total. The van der Waals surface area contributed by atoms with Crippen molar-refractivity contribution in [1.29, 1.82) is 0 Å². The van der Waals surface area contributed by atoms with Gasteiger partial charge in [0, 0.05) is 16.9 Å². The van der Waals surface area contributed by atoms with Gasteiger partial charge in [-0.05, 0) is 34.0 Å². The highest BCUT2D eigenvalue weighted by Gasteiger charge is 2.15. The molecule has 0 saturated carbocycles. The van der Waals surface area contributed by atoms with Crippen LogP contribution in [0.3, 0.4) is 0 Å². The Labute approximate surface area is 125 Å². The number of carbonyl (C=O) groups is 1. The minimum absolute atomic E-state index is 0.170. The van der Waals surface area contributed by atoms with E-state index in [-0.39, 0.29) is 24.3 Å². The van der Waals surface area contributed by atoms with Crippen molar-refractivity contribution in [2.75, 3.05) is 5.32 Å². The van der Waals surface area contributed by atoms with Crippen molar-refractivity contribution in [3.8, 4) is 0 Å². The lowest BCUT2D eigenvalue weighted by molar-refractivity contribution is -0.116. The topological polar surface area (TPSA) is 55.1 Å². The fourth-order valence-corrected chi connectivity index (χ4v) is 2.09. The van der Waals surface area contributed by atoms with Gasteiger partial charge in [0.1, 0.15) is 0 Å². The predicted octanol–water partition coefficient (Wildman–Crippen LogP) is 4.07. The molecule has 0 heterocycles. The molecule has 1 rings (SSSR count). The Balaban J connectivity index is 2.74. The summed E-state index contributed by atoms with van der Waals surface area (Å²) in [5.74, 6) is 0.0798. The zero-order valence-corrected chi connectivity index (χ0v) is 13.2. The zero-order valence-electron chi connectivity index (χ0n) is 10.1. The smallest absolute Gasteiger partial charge is 0.225 e. The van der Waals surface area contributed by atoms with Gasteiger partial charge in [-0.3, -0.25) is 4.79 Å². The summed E-state index contributed by atoms with van der Waals surface area (Å²) in [4.78, 5) is 11.8. The van der Waals surface area contributed by atoms with Crippen LogP contribution in [0.1, 0.15) is 20.3 Å². The highest BCUT2D eigenvalue weighted by Crippen LogP contribution is 2.35. The Kier molecular flexibility index (Phi) is 5.92. The van der Waals surface area contributed by atoms with Crippen molar-refractivity contribution in [3.05, 3.63) is 26.7 Å². The van der Waals surface area contributed by atoms with E-state index in [4.69, 9.17) is 28.9 Å². The van der Waals surface area contributed by atoms with Crippen LogP contribution in [0.4, 0.5) is 5.69 Å². The van der Waals surface area contributed by atoms with Gasteiger partial charge in [-0.1, -0.05) is 37.0 Å². The summed E-state index contributed by atoms with van der Waals surface area (Å²) in [5, 5.41) is 3.40. The van der Waals surface area contributed by atoms with E-state index in [1.165, 1.54) is 0 Å². The molecule has 0 aliphatic rings. The number of nitrogens with one attached hydrogen (secondary N) is 1. The number of hydrogen-bond acceptors (Lipinski definition) is 2. The molecule has 1 atom stereocenters. The Bertz CT molecular complexity index is 452. The molecule has 0 radical (unpaired) electrons. The first-order valence-corrected chi connectivity index (χ1v) is 7.06. The molecule has 0 saturated heterocycles. The van der Waals surface area contributed by atoms with Gasteiger partial charge in [0.25, 0.3) is 0 Å². The van der Waals surface area contributed by atoms with Crippen LogP contribution in [0.5, 0.6) is 0 Å². The molecule has 0 fully saturated rings. The number of carbonyl (C=O) groups excluding carboxylic acids is 1. The number of anilines is 1. The maximum absolute atomic E-state index is 11.8. The van der Waals surface area contributed by atoms with Crippen LogP contribution in [0, 0.1) is 5.92 Å². The predicted molar refractivity (Wildman–Crippen MR) is 80.2 cm³/mol. The minimum atomic E-state index is -0.172. The number of halogens is 3. The van der Waals surface area contributed by atoms with Crippen molar-refractivity contribution in [2.45, 2.75) is 26.3 Å². The fourth-order valence-electron chi connectivity index (χ4n) is 1.27. The van der Waals surface area contributed by atoms with Gasteiger partial charge in [-0.15, -0.1) is 0 Å². The van der Waals surface area contributed by atoms with E-state index in [9.17, 15) is 4.79 Å². The van der Waals surface area contributed by atoms with E-state index in [1.807, 2.05) is 13.8 Å². The van der Waals surface area contributed by atoms with Gasteiger partial charge in [-0.2, -0.15) is 0 Å². The SMILES string of the molecule is CC(C)C(N)CC(=O)Nc1ccc(Br)c(Cl)c1Cl. The molecule has 0 bridgehead atoms. The number of nitrogens with two attached hydrogens (primary N) is 1. The molecule has 1 aromatic carbocycles. The van der Waals surface area contributed by atoms with Crippen molar-refractivity contribution < 1.29 is 4.79 Å². The third-order valence-corrected chi connectivity index (χ3v) is 4.36. The maximum Gasteiger partial charge on any atom is 0.225 e. The fraction of sp³-hybridized carbons (Fsp3) is 0.417. The summed E-state index contributed by atoms with van der Waals surface area (Å²) in [6, 6.07) is 3.25. The second-order valence-electron chi connectivity index (χ2n) is 4.38. The Morgan fingerprint density at radius 2 is 2.00 bits per heavy atom. The van der Waals surface area contributed by atoms with Crippen LogP contribution in [0.2, 0.25) is 10.0 Å². The summed E-state index contributed by atoms with van der Waals surface area (Å²) < 4.78 is 0.686. The molecule has 0 aliphatic carbocycles. The monoisotopic (exact) mass is 352 g/mol. The zero-order chi connectivity index (χ0) is 13.9. The van der Waals surface area contributed by atoms with E-state index in [1.54, 1.807) is 12.1 Å². The molecule has 1 unspecified atom stereocenters. The Morgan fingerprint density at radius 1 is 1.39 bits per heavy atom. The second-order valence-corrected chi connectivity index (χ2v) is 5.99. The van der Waals surface area contributed by atoms with E-state index in [2.05, 4.69) is 21.2 Å². The van der Waals surface area contributed by atoms with E-state index in [0.717, 1.165) is 0 Å². The molecule has 6 heteroatoms. The lowest BCUT2D eigenvalue weighted by Crippen LogP contribution is -2.31. The largest absolute Gasteiger partial charge is 0.327 e. The minimum Gasteiger partial charge on any atom is -0.327 e. The van der Waals surface area contributed by atoms with Gasteiger partial charge in [0.15, 0.2) is 0 Å². The van der Waals surface area contributed by atoms with Gasteiger partial charge >= 0.3 is 0 Å². The summed E-state index contributed by atoms with van der Waals surface area (Å²) in [6.07, 6.45) is 0.252. The molecule has 3 N–H and O–H groups in total. The summed E-state index contributed by atoms with van der Waals surface area (Å²) >= 11 is 15.3. The van der Waals surface area contributed by atoms with Crippen molar-refractivity contribution in [1.82, 2.24) is 0 Å². The summed E-state index contributed by atoms with van der Waals surface area (Å²) in [7, 11) is 0. The highest BCUT2D eigenvalue weighted by molar-refractivity contribution is 9.10. The first-order valence-electron chi connectivity index (χ1n) is 5.51. The van der Waals surface area contributed by atoms with Crippen LogP contribution in [-0.4, -0.2) is 11.9 Å². The third-order valence-electron chi connectivity index (χ3n) is 2.59. The first-order chi connectivity index (χ1) is 8.32. The van der Waals surface area contributed by atoms with E-state index in [0.29, 0.717) is 20.2 Å². The highest BCUT2D eigenvalue weighted by atomic mass is 79.9. The standard InChI is InChI=1S/C12H15BrCl2N2O/c1-6(2)8(16)5-10(18)17-9-4-3-7(13)11(14)12(9)15/h3-4,6,8H,5,16H2,1-2H3,(H,17,18). The van der Waals surface area contributed by atoms with Crippen LogP contribution >= 0.6 is 39.1 Å². The number of rotatable bonds is 4. The van der Waals surface area contributed by atoms with Crippen molar-refractivity contribution in [3.63, 3.8) is 0 Å². The Hall–Kier alpha value is -0.290. The van der Waals surface area contributed by atoms with Gasteiger partial charge < -0.3 is 11.1 Å². The second kappa shape index (κ2) is 6.75. The number of benzene rings is 1. The van der Waals surface area contributed by atoms with Crippen molar-refractivity contribution in [2.24, 2.45) is 11.7 Å².